The minimum Gasteiger partial charge on any atom is -0.343 e. The Hall–Kier alpha value is 1.01. The Morgan fingerprint density at radius 1 is 0.833 bits per heavy atom. The molecule has 0 saturated carbocycles. The zero-order valence-electron chi connectivity index (χ0n) is 12.9. The van der Waals surface area contributed by atoms with Crippen LogP contribution in [0.2, 0.25) is 0 Å². The van der Waals surface area contributed by atoms with Gasteiger partial charge in [0, 0.05) is 31.1 Å². The van der Waals surface area contributed by atoms with Crippen LogP contribution in [0.1, 0.15) is 78.6 Å². The van der Waals surface area contributed by atoms with Crippen LogP contribution in [0.3, 0.4) is 0 Å². The van der Waals surface area contributed by atoms with Crippen molar-refractivity contribution in [2.45, 2.75) is 84.6 Å². The normalized spacial score (nSPS) is 14.0. The summed E-state index contributed by atoms with van der Waals surface area (Å²) in [7, 11) is 0. The molecule has 0 amide bonds. The molecule has 0 aliphatic rings. The summed E-state index contributed by atoms with van der Waals surface area (Å²) in [6.07, 6.45) is 12.4. The summed E-state index contributed by atoms with van der Waals surface area (Å²) in [5.41, 5.74) is 0. The predicted octanol–water partition coefficient (Wildman–Crippen LogP) is 4.97. The molecule has 2 heteroatoms. The third-order valence-electron chi connectivity index (χ3n) is 3.62. The second-order valence-electron chi connectivity index (χ2n) is 5.27. The summed E-state index contributed by atoms with van der Waals surface area (Å²) < 4.78 is 0. The third kappa shape index (κ3) is 12.1. The van der Waals surface area contributed by atoms with Gasteiger partial charge in [-0.05, 0) is 6.54 Å². The zero-order chi connectivity index (χ0) is 12.9. The van der Waals surface area contributed by atoms with E-state index in [0.29, 0.717) is 6.04 Å². The number of nitrogens with one attached hydrogen (secondary N) is 1. The first-order valence-corrected chi connectivity index (χ1v) is 7.82. The molecule has 0 aromatic rings. The van der Waals surface area contributed by atoms with Gasteiger partial charge in [-0.3, -0.25) is 0 Å². The van der Waals surface area contributed by atoms with Crippen LogP contribution < -0.4 is 5.32 Å². The van der Waals surface area contributed by atoms with Crippen molar-refractivity contribution in [1.29, 1.82) is 0 Å². The van der Waals surface area contributed by atoms with E-state index in [1.165, 1.54) is 57.8 Å². The molecule has 0 heterocycles. The minimum atomic E-state index is 0. The van der Waals surface area contributed by atoms with Gasteiger partial charge in [-0.25, -0.2) is 0 Å². The first-order valence-electron chi connectivity index (χ1n) is 7.82. The van der Waals surface area contributed by atoms with Crippen molar-refractivity contribution >= 4 is 0 Å². The van der Waals surface area contributed by atoms with Crippen LogP contribution in [-0.4, -0.2) is 12.6 Å². The Labute approximate surface area is 140 Å². The monoisotopic (exact) mass is 478 g/mol. The molecule has 0 aliphatic carbocycles. The Morgan fingerprint density at radius 2 is 1.44 bits per heavy atom. The minimum absolute atomic E-state index is 0. The standard InChI is InChI=1S/C16H34N.U/c1-5-8-9-10-11-12-14-16(13-6-2)15(4)17-7-3;/h15-17H,4-14H2,1-3H3;/q-1;. The molecule has 0 spiro atoms. The first kappa shape index (κ1) is 21.3. The summed E-state index contributed by atoms with van der Waals surface area (Å²) in [5.74, 6) is 0.783. The van der Waals surface area contributed by atoms with Gasteiger partial charge < -0.3 is 12.2 Å². The van der Waals surface area contributed by atoms with Gasteiger partial charge >= 0.3 is 0 Å². The summed E-state index contributed by atoms with van der Waals surface area (Å²) in [4.78, 5) is 0. The molecule has 0 rings (SSSR count). The van der Waals surface area contributed by atoms with Crippen LogP contribution in [0, 0.1) is 44.0 Å². The zero-order valence-corrected chi connectivity index (χ0v) is 17.1. The molecular weight excluding hydrogens is 444 g/mol. The fourth-order valence-corrected chi connectivity index (χ4v) is 2.53. The van der Waals surface area contributed by atoms with Crippen LogP contribution in [0.4, 0.5) is 0 Å². The van der Waals surface area contributed by atoms with Gasteiger partial charge in [0.25, 0.3) is 0 Å². The maximum absolute atomic E-state index is 4.26. The molecule has 18 heavy (non-hydrogen) atoms. The van der Waals surface area contributed by atoms with E-state index in [2.05, 4.69) is 33.0 Å². The van der Waals surface area contributed by atoms with Crippen LogP contribution in [0.15, 0.2) is 0 Å². The van der Waals surface area contributed by atoms with Crippen molar-refractivity contribution in [3.05, 3.63) is 6.92 Å². The number of hydrogen-bond acceptors (Lipinski definition) is 1. The van der Waals surface area contributed by atoms with E-state index in [4.69, 9.17) is 0 Å². The van der Waals surface area contributed by atoms with E-state index in [1.54, 1.807) is 0 Å². The smallest absolute Gasteiger partial charge is 0 e. The van der Waals surface area contributed by atoms with Crippen molar-refractivity contribution in [3.63, 3.8) is 0 Å². The predicted molar refractivity (Wildman–Crippen MR) is 79.2 cm³/mol. The van der Waals surface area contributed by atoms with E-state index in [-0.39, 0.29) is 31.1 Å². The molecule has 0 radical (unpaired) electrons. The maximum atomic E-state index is 4.26. The molecule has 1 nitrogen and oxygen atoms in total. The van der Waals surface area contributed by atoms with E-state index < -0.39 is 0 Å². The largest absolute Gasteiger partial charge is 0.343 e. The summed E-state index contributed by atoms with van der Waals surface area (Å²) in [6.45, 7) is 12.0. The molecule has 2 unspecified atom stereocenters. The van der Waals surface area contributed by atoms with Gasteiger partial charge in [0.2, 0.25) is 0 Å². The Bertz CT molecular complexity index is 150. The Morgan fingerprint density at radius 3 is 2.00 bits per heavy atom. The molecule has 2 atom stereocenters. The van der Waals surface area contributed by atoms with Crippen LogP contribution >= 0.6 is 0 Å². The summed E-state index contributed by atoms with van der Waals surface area (Å²) in [6, 6.07) is 0.454. The van der Waals surface area contributed by atoms with Crippen molar-refractivity contribution < 1.29 is 31.1 Å². The Kier molecular flexibility index (Phi) is 19.0. The van der Waals surface area contributed by atoms with Gasteiger partial charge in [-0.15, -0.1) is 6.04 Å². The van der Waals surface area contributed by atoms with Crippen molar-refractivity contribution in [2.24, 2.45) is 5.92 Å². The number of unbranched alkanes of at least 4 members (excludes halogenated alkanes) is 5. The molecular formula is C16H34NU-. The van der Waals surface area contributed by atoms with Gasteiger partial charge in [0.15, 0.2) is 0 Å². The maximum Gasteiger partial charge on any atom is 0 e. The van der Waals surface area contributed by atoms with E-state index in [0.717, 1.165) is 12.5 Å². The molecule has 1 N–H and O–H groups in total. The van der Waals surface area contributed by atoms with Crippen molar-refractivity contribution in [2.75, 3.05) is 6.54 Å². The fourth-order valence-electron chi connectivity index (χ4n) is 2.53. The van der Waals surface area contributed by atoms with E-state index >= 15 is 0 Å². The molecule has 0 bridgehead atoms. The second-order valence-corrected chi connectivity index (χ2v) is 5.27. The average Bonchev–Trinajstić information content (AvgIpc) is 2.32. The quantitative estimate of drug-likeness (QED) is 0.309. The van der Waals surface area contributed by atoms with Gasteiger partial charge in [-0.2, -0.15) is 0 Å². The van der Waals surface area contributed by atoms with Crippen molar-refractivity contribution in [3.8, 4) is 0 Å². The van der Waals surface area contributed by atoms with Gasteiger partial charge in [-0.1, -0.05) is 84.5 Å². The average molecular weight is 478 g/mol. The summed E-state index contributed by atoms with van der Waals surface area (Å²) >= 11 is 0. The first-order chi connectivity index (χ1) is 8.26. The molecule has 108 valence electrons. The number of hydrogen-bond donors (Lipinski definition) is 1. The third-order valence-corrected chi connectivity index (χ3v) is 3.62. The molecule has 0 aromatic heterocycles. The van der Waals surface area contributed by atoms with E-state index in [9.17, 15) is 0 Å². The SMILES string of the molecule is [CH2-]C(NCC)C(CCC)CCCCCCCC.[U]. The molecule has 0 saturated heterocycles. The summed E-state index contributed by atoms with van der Waals surface area (Å²) in [5, 5.41) is 3.48. The van der Waals surface area contributed by atoms with Crippen LogP contribution in [0.25, 0.3) is 0 Å². The van der Waals surface area contributed by atoms with Crippen molar-refractivity contribution in [1.82, 2.24) is 5.32 Å². The topological polar surface area (TPSA) is 12.0 Å². The fraction of sp³-hybridized carbons (Fsp3) is 0.938. The van der Waals surface area contributed by atoms with Crippen LogP contribution in [-0.2, 0) is 0 Å². The number of rotatable bonds is 12. The van der Waals surface area contributed by atoms with Gasteiger partial charge in [0.1, 0.15) is 0 Å². The van der Waals surface area contributed by atoms with Gasteiger partial charge in [0.05, 0.1) is 0 Å². The second kappa shape index (κ2) is 16.1. The van der Waals surface area contributed by atoms with Crippen LogP contribution in [0.5, 0.6) is 0 Å². The van der Waals surface area contributed by atoms with E-state index in [1.807, 2.05) is 0 Å². The molecule has 0 fully saturated rings. The molecule has 0 aliphatic heterocycles. The Balaban J connectivity index is 0. The molecule has 0 aromatic carbocycles.